The number of H-pyrrole nitrogens is 1. The summed E-state index contributed by atoms with van der Waals surface area (Å²) >= 11 is 0. The molecule has 6 aromatic rings. The summed E-state index contributed by atoms with van der Waals surface area (Å²) in [5, 5.41) is 27.2. The minimum absolute atomic E-state index is 0.591. The number of aromatic amines is 1. The van der Waals surface area contributed by atoms with Crippen LogP contribution >= 0.6 is 0 Å². The Bertz CT molecular complexity index is 1790. The maximum absolute atomic E-state index is 12.8. The summed E-state index contributed by atoms with van der Waals surface area (Å²) in [5.41, 5.74) is 8.74. The fraction of sp³-hybridized carbons (Fsp3) is 0.226. The van der Waals surface area contributed by atoms with Gasteiger partial charge in [0.15, 0.2) is 17.2 Å². The van der Waals surface area contributed by atoms with Gasteiger partial charge in [0, 0.05) is 31.0 Å². The first-order chi connectivity index (χ1) is 19.5. The minimum atomic E-state index is 0.591. The zero-order valence-electron chi connectivity index (χ0n) is 22.8. The van der Waals surface area contributed by atoms with Crippen molar-refractivity contribution in [3.63, 3.8) is 0 Å². The lowest BCUT2D eigenvalue weighted by Crippen LogP contribution is -2.32. The Labute approximate surface area is 232 Å². The van der Waals surface area contributed by atoms with Gasteiger partial charge in [-0.1, -0.05) is 61.9 Å². The van der Waals surface area contributed by atoms with E-state index in [9.17, 15) is 5.21 Å². The zero-order chi connectivity index (χ0) is 27.6. The second kappa shape index (κ2) is 10.7. The van der Waals surface area contributed by atoms with Gasteiger partial charge in [-0.05, 0) is 52.6 Å². The van der Waals surface area contributed by atoms with E-state index < -0.39 is 0 Å². The molecule has 0 aliphatic heterocycles. The molecule has 6 rings (SSSR count). The van der Waals surface area contributed by atoms with Crippen molar-refractivity contribution in [2.24, 2.45) is 0 Å². The highest BCUT2D eigenvalue weighted by Crippen LogP contribution is 2.30. The Kier molecular flexibility index (Phi) is 6.77. The topological polar surface area (TPSA) is 112 Å². The molecule has 40 heavy (non-hydrogen) atoms. The average molecular weight is 531 g/mol. The summed E-state index contributed by atoms with van der Waals surface area (Å²) in [5.74, 6) is 1.64. The Morgan fingerprint density at radius 2 is 1.70 bits per heavy atom. The molecule has 4 heterocycles. The molecule has 0 saturated carbocycles. The predicted octanol–water partition coefficient (Wildman–Crippen LogP) is 5.59. The smallest absolute Gasteiger partial charge is 0.225 e. The van der Waals surface area contributed by atoms with Crippen LogP contribution in [-0.2, 0) is 13.0 Å². The van der Waals surface area contributed by atoms with E-state index in [-0.39, 0.29) is 0 Å². The molecule has 0 spiro atoms. The van der Waals surface area contributed by atoms with E-state index in [0.717, 1.165) is 74.5 Å². The van der Waals surface area contributed by atoms with Crippen LogP contribution in [0.4, 0.5) is 0 Å². The molecule has 9 nitrogen and oxygen atoms in total. The van der Waals surface area contributed by atoms with Crippen LogP contribution in [-0.4, -0.2) is 35.2 Å². The van der Waals surface area contributed by atoms with Crippen LogP contribution in [0.5, 0.6) is 0 Å². The van der Waals surface area contributed by atoms with Crippen LogP contribution < -0.4 is 4.73 Å². The monoisotopic (exact) mass is 530 g/mol. The van der Waals surface area contributed by atoms with Gasteiger partial charge in [-0.2, -0.15) is 4.73 Å². The number of rotatable bonds is 8. The van der Waals surface area contributed by atoms with E-state index in [1.165, 1.54) is 0 Å². The molecule has 4 aromatic heterocycles. The number of pyridine rings is 2. The zero-order valence-corrected chi connectivity index (χ0v) is 22.8. The van der Waals surface area contributed by atoms with E-state index in [0.29, 0.717) is 23.8 Å². The molecule has 0 fully saturated rings. The van der Waals surface area contributed by atoms with Gasteiger partial charge < -0.3 is 9.77 Å². The molecule has 0 aliphatic carbocycles. The molecule has 200 valence electrons. The standard InChI is InChI=1S/C31H30N8O/c1-4-5-13-29-33-27-18-26(28-12-8-9-20(2)39(28)40)21(3)32-31(27)38(29)19-22-14-16-23(17-15-22)24-10-6-7-11-25(24)30-34-36-37-35-30/h6-12,14-18H,4-5,13,19H2,1-3H3,(H,34,35,36,37). The van der Waals surface area contributed by atoms with Gasteiger partial charge in [0.05, 0.1) is 17.8 Å². The van der Waals surface area contributed by atoms with E-state index in [4.69, 9.17) is 9.97 Å². The minimum Gasteiger partial charge on any atom is -0.618 e. The Morgan fingerprint density at radius 1 is 0.900 bits per heavy atom. The molecule has 0 amide bonds. The van der Waals surface area contributed by atoms with Gasteiger partial charge >= 0.3 is 0 Å². The molecule has 0 radical (unpaired) electrons. The lowest BCUT2D eigenvalue weighted by molar-refractivity contribution is -0.600. The van der Waals surface area contributed by atoms with Crippen molar-refractivity contribution in [1.29, 1.82) is 0 Å². The molecule has 2 aromatic carbocycles. The van der Waals surface area contributed by atoms with Gasteiger partial charge in [0.25, 0.3) is 0 Å². The van der Waals surface area contributed by atoms with Crippen molar-refractivity contribution in [3.05, 3.63) is 101 Å². The molecular formula is C31H30N8O. The second-order valence-electron chi connectivity index (χ2n) is 10.0. The summed E-state index contributed by atoms with van der Waals surface area (Å²) in [6.07, 6.45) is 2.99. The fourth-order valence-electron chi connectivity index (χ4n) is 5.13. The molecule has 0 bridgehead atoms. The third kappa shape index (κ3) is 4.70. The SMILES string of the molecule is CCCCc1nc2cc(-c3cccc(C)[n+]3[O-])c(C)nc2n1Cc1ccc(-c2ccccc2-c2nnn[nH]2)cc1. The van der Waals surface area contributed by atoms with E-state index in [1.807, 2.05) is 56.3 Å². The van der Waals surface area contributed by atoms with Gasteiger partial charge in [-0.3, -0.25) is 0 Å². The maximum atomic E-state index is 12.8. The molecule has 0 aliphatic rings. The van der Waals surface area contributed by atoms with Gasteiger partial charge in [-0.25, -0.2) is 15.1 Å². The number of aromatic nitrogens is 8. The van der Waals surface area contributed by atoms with Crippen LogP contribution in [0.1, 0.15) is 42.5 Å². The molecule has 0 saturated heterocycles. The quantitative estimate of drug-likeness (QED) is 0.203. The Balaban J connectivity index is 1.37. The van der Waals surface area contributed by atoms with Crippen LogP contribution in [0.3, 0.4) is 0 Å². The normalized spacial score (nSPS) is 11.4. The summed E-state index contributed by atoms with van der Waals surface area (Å²) in [6, 6.07) is 24.2. The highest BCUT2D eigenvalue weighted by molar-refractivity contribution is 5.81. The number of imidazole rings is 1. The van der Waals surface area contributed by atoms with Crippen molar-refractivity contribution >= 4 is 11.2 Å². The van der Waals surface area contributed by atoms with Gasteiger partial charge in [-0.15, -0.1) is 5.10 Å². The number of hydrogen-bond acceptors (Lipinski definition) is 6. The summed E-state index contributed by atoms with van der Waals surface area (Å²) in [4.78, 5) is 9.98. The maximum Gasteiger partial charge on any atom is 0.225 e. The molecule has 0 atom stereocenters. The number of hydrogen-bond donors (Lipinski definition) is 1. The second-order valence-corrected chi connectivity index (χ2v) is 10.0. The number of fused-ring (bicyclic) bond motifs is 1. The molecule has 1 N–H and O–H groups in total. The van der Waals surface area contributed by atoms with Gasteiger partial charge in [0.2, 0.25) is 5.69 Å². The third-order valence-electron chi connectivity index (χ3n) is 7.28. The highest BCUT2D eigenvalue weighted by Gasteiger charge is 2.19. The largest absolute Gasteiger partial charge is 0.618 e. The van der Waals surface area contributed by atoms with Crippen molar-refractivity contribution in [2.45, 2.75) is 46.6 Å². The summed E-state index contributed by atoms with van der Waals surface area (Å²) in [7, 11) is 0. The third-order valence-corrected chi connectivity index (χ3v) is 7.28. The average Bonchev–Trinajstić information content (AvgIpc) is 3.62. The van der Waals surface area contributed by atoms with Crippen LogP contribution in [0, 0.1) is 19.1 Å². The number of nitrogens with one attached hydrogen (secondary N) is 1. The number of benzene rings is 2. The number of aryl methyl sites for hydroxylation is 3. The number of tetrazole rings is 1. The number of unbranched alkanes of at least 4 members (excludes halogenated alkanes) is 1. The molecule has 0 unspecified atom stereocenters. The van der Waals surface area contributed by atoms with E-state index >= 15 is 0 Å². The highest BCUT2D eigenvalue weighted by atomic mass is 16.5. The first kappa shape index (κ1) is 25.4. The van der Waals surface area contributed by atoms with Crippen LogP contribution in [0.2, 0.25) is 0 Å². The van der Waals surface area contributed by atoms with E-state index in [1.54, 1.807) is 0 Å². The predicted molar refractivity (Wildman–Crippen MR) is 154 cm³/mol. The molecular weight excluding hydrogens is 500 g/mol. The first-order valence-electron chi connectivity index (χ1n) is 13.5. The first-order valence-corrected chi connectivity index (χ1v) is 13.5. The van der Waals surface area contributed by atoms with Crippen molar-refractivity contribution < 1.29 is 4.73 Å². The van der Waals surface area contributed by atoms with E-state index in [2.05, 4.69) is 62.4 Å². The molecule has 9 heteroatoms. The van der Waals surface area contributed by atoms with Crippen LogP contribution in [0.15, 0.2) is 72.8 Å². The number of nitrogens with zero attached hydrogens (tertiary/aromatic N) is 7. The van der Waals surface area contributed by atoms with Crippen molar-refractivity contribution in [3.8, 4) is 33.8 Å². The lowest BCUT2D eigenvalue weighted by atomic mass is 9.98. The Morgan fingerprint density at radius 3 is 2.45 bits per heavy atom. The fourth-order valence-corrected chi connectivity index (χ4v) is 5.13. The van der Waals surface area contributed by atoms with Crippen molar-refractivity contribution in [1.82, 2.24) is 35.2 Å². The van der Waals surface area contributed by atoms with Crippen molar-refractivity contribution in [2.75, 3.05) is 0 Å². The summed E-state index contributed by atoms with van der Waals surface area (Å²) in [6.45, 7) is 6.60. The Hall–Kier alpha value is -4.92. The summed E-state index contributed by atoms with van der Waals surface area (Å²) < 4.78 is 3.18. The van der Waals surface area contributed by atoms with Crippen LogP contribution in [0.25, 0.3) is 44.9 Å². The van der Waals surface area contributed by atoms with Gasteiger partial charge in [0.1, 0.15) is 11.3 Å². The lowest BCUT2D eigenvalue weighted by Gasteiger charge is -2.12.